The number of hydrogen-bond donors (Lipinski definition) is 2. The van der Waals surface area contributed by atoms with Crippen molar-refractivity contribution in [2.24, 2.45) is 11.7 Å². The average Bonchev–Trinajstić information content (AvgIpc) is 2.87. The van der Waals surface area contributed by atoms with Gasteiger partial charge in [-0.05, 0) is 25.7 Å². The van der Waals surface area contributed by atoms with Crippen LogP contribution in [0.4, 0.5) is 0 Å². The van der Waals surface area contributed by atoms with E-state index in [1.165, 1.54) is 6.20 Å². The maximum absolute atomic E-state index is 12.6. The minimum absolute atomic E-state index is 0.258. The second-order valence-electron chi connectivity index (χ2n) is 6.24. The van der Waals surface area contributed by atoms with Crippen molar-refractivity contribution in [2.75, 3.05) is 6.54 Å². The standard InChI is InChI=1S/C13H24N4O2S/c1-10(2)7-13(3,9-14)16-20(18,19)12-8-15-11-5-4-6-17(11)12/h8,10,16H,4-7,9,14H2,1-3H3. The van der Waals surface area contributed by atoms with Crippen LogP contribution in [0.15, 0.2) is 11.2 Å². The van der Waals surface area contributed by atoms with Gasteiger partial charge in [0.1, 0.15) is 5.82 Å². The Kier molecular flexibility index (Phi) is 4.22. The Labute approximate surface area is 120 Å². The van der Waals surface area contributed by atoms with Crippen LogP contribution in [-0.4, -0.2) is 30.1 Å². The number of nitrogens with two attached hydrogens (primary N) is 1. The van der Waals surface area contributed by atoms with Gasteiger partial charge in [-0.2, -0.15) is 0 Å². The first-order chi connectivity index (χ1) is 9.27. The molecular formula is C13H24N4O2S. The summed E-state index contributed by atoms with van der Waals surface area (Å²) in [6, 6.07) is 0. The zero-order valence-electron chi connectivity index (χ0n) is 12.4. The molecule has 1 unspecified atom stereocenters. The molecule has 3 N–H and O–H groups in total. The summed E-state index contributed by atoms with van der Waals surface area (Å²) in [5.74, 6) is 1.21. The Hall–Kier alpha value is -0.920. The maximum Gasteiger partial charge on any atom is 0.258 e. The van der Waals surface area contributed by atoms with Crippen LogP contribution in [0.2, 0.25) is 0 Å². The SMILES string of the molecule is CC(C)CC(C)(CN)NS(=O)(=O)c1cnc2n1CCC2. The molecule has 0 saturated carbocycles. The summed E-state index contributed by atoms with van der Waals surface area (Å²) in [4.78, 5) is 4.19. The zero-order valence-corrected chi connectivity index (χ0v) is 13.2. The Balaban J connectivity index is 2.26. The number of rotatable bonds is 6. The summed E-state index contributed by atoms with van der Waals surface area (Å²) in [5.41, 5.74) is 5.15. The van der Waals surface area contributed by atoms with E-state index in [1.807, 2.05) is 6.92 Å². The summed E-state index contributed by atoms with van der Waals surface area (Å²) in [5, 5.41) is 0.258. The second kappa shape index (κ2) is 5.46. The van der Waals surface area contributed by atoms with Crippen LogP contribution in [0.25, 0.3) is 0 Å². The van der Waals surface area contributed by atoms with Crippen LogP contribution >= 0.6 is 0 Å². The summed E-state index contributed by atoms with van der Waals surface area (Å²) in [7, 11) is -3.59. The molecule has 0 amide bonds. The number of hydrogen-bond acceptors (Lipinski definition) is 4. The van der Waals surface area contributed by atoms with Crippen molar-refractivity contribution < 1.29 is 8.42 Å². The molecule has 0 saturated heterocycles. The monoisotopic (exact) mass is 300 g/mol. The van der Waals surface area contributed by atoms with Gasteiger partial charge in [-0.1, -0.05) is 13.8 Å². The summed E-state index contributed by atoms with van der Waals surface area (Å²) in [6.45, 7) is 6.95. The summed E-state index contributed by atoms with van der Waals surface area (Å²) < 4.78 is 29.7. The molecule has 20 heavy (non-hydrogen) atoms. The predicted octanol–water partition coefficient (Wildman–Crippen LogP) is 0.871. The lowest BCUT2D eigenvalue weighted by atomic mass is 9.92. The van der Waals surface area contributed by atoms with E-state index < -0.39 is 15.6 Å². The Morgan fingerprint density at radius 1 is 1.55 bits per heavy atom. The molecule has 6 nitrogen and oxygen atoms in total. The van der Waals surface area contributed by atoms with Crippen LogP contribution in [0.1, 0.15) is 39.4 Å². The molecule has 114 valence electrons. The van der Waals surface area contributed by atoms with Crippen molar-refractivity contribution in [1.29, 1.82) is 0 Å². The van der Waals surface area contributed by atoms with Crippen molar-refractivity contribution in [1.82, 2.24) is 14.3 Å². The van der Waals surface area contributed by atoms with E-state index in [0.717, 1.165) is 25.2 Å². The molecule has 0 radical (unpaired) electrons. The Morgan fingerprint density at radius 2 is 2.25 bits per heavy atom. The number of sulfonamides is 1. The highest BCUT2D eigenvalue weighted by atomic mass is 32.2. The van der Waals surface area contributed by atoms with Crippen molar-refractivity contribution in [3.8, 4) is 0 Å². The third-order valence-corrected chi connectivity index (χ3v) is 5.29. The molecule has 1 atom stereocenters. The van der Waals surface area contributed by atoms with Gasteiger partial charge in [0.15, 0.2) is 5.03 Å². The lowest BCUT2D eigenvalue weighted by Gasteiger charge is -2.30. The first kappa shape index (κ1) is 15.5. The smallest absolute Gasteiger partial charge is 0.258 e. The molecule has 0 aliphatic carbocycles. The van der Waals surface area contributed by atoms with E-state index >= 15 is 0 Å². The van der Waals surface area contributed by atoms with Gasteiger partial charge in [0.2, 0.25) is 0 Å². The minimum Gasteiger partial charge on any atom is -0.329 e. The highest BCUT2D eigenvalue weighted by Gasteiger charge is 2.33. The van der Waals surface area contributed by atoms with E-state index in [0.29, 0.717) is 12.3 Å². The van der Waals surface area contributed by atoms with Crippen molar-refractivity contribution in [2.45, 2.75) is 57.1 Å². The molecule has 2 rings (SSSR count). The van der Waals surface area contributed by atoms with Gasteiger partial charge in [0.05, 0.1) is 6.20 Å². The Morgan fingerprint density at radius 3 is 2.85 bits per heavy atom. The third kappa shape index (κ3) is 3.05. The largest absolute Gasteiger partial charge is 0.329 e. The number of aryl methyl sites for hydroxylation is 1. The molecule has 1 aliphatic rings. The number of imidazole rings is 1. The molecule has 1 aliphatic heterocycles. The highest BCUT2D eigenvalue weighted by Crippen LogP contribution is 2.23. The number of aromatic nitrogens is 2. The van der Waals surface area contributed by atoms with Gasteiger partial charge in [0.25, 0.3) is 10.0 Å². The molecule has 7 heteroatoms. The molecule has 1 aromatic heterocycles. The normalized spacial score (nSPS) is 18.2. The topological polar surface area (TPSA) is 90.0 Å². The number of fused-ring (bicyclic) bond motifs is 1. The van der Waals surface area contributed by atoms with Gasteiger partial charge in [-0.15, -0.1) is 0 Å². The van der Waals surface area contributed by atoms with E-state index in [4.69, 9.17) is 5.73 Å². The van der Waals surface area contributed by atoms with Gasteiger partial charge >= 0.3 is 0 Å². The Bertz CT molecular complexity index is 579. The van der Waals surface area contributed by atoms with Crippen LogP contribution in [0.3, 0.4) is 0 Å². The van der Waals surface area contributed by atoms with Crippen LogP contribution in [0.5, 0.6) is 0 Å². The summed E-state index contributed by atoms with van der Waals surface area (Å²) >= 11 is 0. The fourth-order valence-corrected chi connectivity index (χ4v) is 4.49. The lowest BCUT2D eigenvalue weighted by Crippen LogP contribution is -2.52. The third-order valence-electron chi connectivity index (χ3n) is 3.65. The van der Waals surface area contributed by atoms with Crippen LogP contribution in [-0.2, 0) is 23.0 Å². The average molecular weight is 300 g/mol. The van der Waals surface area contributed by atoms with E-state index in [9.17, 15) is 8.42 Å². The fraction of sp³-hybridized carbons (Fsp3) is 0.769. The molecule has 1 aromatic rings. The van der Waals surface area contributed by atoms with Crippen LogP contribution in [0, 0.1) is 5.92 Å². The van der Waals surface area contributed by atoms with Crippen molar-refractivity contribution in [3.05, 3.63) is 12.0 Å². The van der Waals surface area contributed by atoms with Crippen LogP contribution < -0.4 is 10.5 Å². The quantitative estimate of drug-likeness (QED) is 0.815. The predicted molar refractivity (Wildman–Crippen MR) is 77.8 cm³/mol. The summed E-state index contributed by atoms with van der Waals surface area (Å²) in [6.07, 6.45) is 3.94. The van der Waals surface area contributed by atoms with Gasteiger partial charge in [-0.25, -0.2) is 18.1 Å². The lowest BCUT2D eigenvalue weighted by molar-refractivity contribution is 0.343. The zero-order chi connectivity index (χ0) is 15.0. The van der Waals surface area contributed by atoms with Gasteiger partial charge in [-0.3, -0.25) is 0 Å². The van der Waals surface area contributed by atoms with E-state index in [2.05, 4.69) is 23.6 Å². The molecule has 0 bridgehead atoms. The molecule has 0 fully saturated rings. The molecule has 0 spiro atoms. The fourth-order valence-electron chi connectivity index (χ4n) is 2.89. The number of nitrogens with zero attached hydrogens (tertiary/aromatic N) is 2. The van der Waals surface area contributed by atoms with Crippen molar-refractivity contribution >= 4 is 10.0 Å². The number of nitrogens with one attached hydrogen (secondary N) is 1. The van der Waals surface area contributed by atoms with Gasteiger partial charge < -0.3 is 10.3 Å². The van der Waals surface area contributed by atoms with E-state index in [1.54, 1.807) is 4.57 Å². The minimum atomic E-state index is -3.59. The molecular weight excluding hydrogens is 276 g/mol. The van der Waals surface area contributed by atoms with E-state index in [-0.39, 0.29) is 11.6 Å². The first-order valence-corrected chi connectivity index (χ1v) is 8.54. The second-order valence-corrected chi connectivity index (χ2v) is 7.87. The van der Waals surface area contributed by atoms with Crippen molar-refractivity contribution in [3.63, 3.8) is 0 Å². The molecule has 2 heterocycles. The highest BCUT2D eigenvalue weighted by molar-refractivity contribution is 7.89. The first-order valence-electron chi connectivity index (χ1n) is 7.06. The maximum atomic E-state index is 12.6. The van der Waals surface area contributed by atoms with Gasteiger partial charge in [0, 0.05) is 25.0 Å². The molecule has 0 aromatic carbocycles.